The third-order valence-corrected chi connectivity index (χ3v) is 27.9. The quantitative estimate of drug-likeness (QED) is 0.0972. The van der Waals surface area contributed by atoms with Gasteiger partial charge in [0.1, 0.15) is 0 Å². The van der Waals surface area contributed by atoms with Crippen LogP contribution in [0.2, 0.25) is 0 Å². The Morgan fingerprint density at radius 1 is 0.246 bits per heavy atom. The summed E-state index contributed by atoms with van der Waals surface area (Å²) in [5.41, 5.74) is 33.2. The van der Waals surface area contributed by atoms with Gasteiger partial charge in [-0.05, 0) is 355 Å². The van der Waals surface area contributed by atoms with Crippen LogP contribution in [-0.4, -0.2) is 53.2 Å². The molecule has 653 valence electrons. The molecule has 0 bridgehead atoms. The van der Waals surface area contributed by atoms with E-state index in [-0.39, 0.29) is 0 Å². The van der Waals surface area contributed by atoms with Crippen LogP contribution in [0.3, 0.4) is 0 Å². The Balaban J connectivity index is 0.000000108. The molecule has 134 heavy (non-hydrogen) atoms. The van der Waals surface area contributed by atoms with E-state index in [1.54, 1.807) is 0 Å². The number of hydrogen-bond donors (Lipinski definition) is 2. The van der Waals surface area contributed by atoms with Crippen LogP contribution in [0.25, 0.3) is 187 Å². The number of aromatic amines is 1. The van der Waals surface area contributed by atoms with E-state index >= 15 is 0 Å². The number of nitrogens with zero attached hydrogens (tertiary/aromatic N) is 7. The second-order valence-corrected chi connectivity index (χ2v) is 39.2. The Morgan fingerprint density at radius 3 is 0.709 bits per heavy atom. The summed E-state index contributed by atoms with van der Waals surface area (Å²) in [7, 11) is 4.34. The summed E-state index contributed by atoms with van der Waals surface area (Å²) in [6.07, 6.45) is 2.56. The van der Waals surface area contributed by atoms with E-state index in [2.05, 4.69) is 565 Å². The number of benzene rings is 18. The van der Waals surface area contributed by atoms with E-state index in [4.69, 9.17) is 4.74 Å². The molecule has 15 heteroatoms. The third kappa shape index (κ3) is 17.5. The number of thiol groups is 1. The molecule has 18 aromatic carbocycles. The van der Waals surface area contributed by atoms with Crippen molar-refractivity contribution in [1.82, 2.24) is 32.4 Å². The van der Waals surface area contributed by atoms with Crippen molar-refractivity contribution >= 4 is 250 Å². The number of fused-ring (bicyclic) bond motifs is 21. The molecule has 9 nitrogen and oxygen atoms in total. The number of H-pyrrole nitrogens is 1. The summed E-state index contributed by atoms with van der Waals surface area (Å²) in [6.45, 7) is 17.1. The van der Waals surface area contributed by atoms with Gasteiger partial charge >= 0.3 is 24.8 Å². The maximum absolute atomic E-state index is 4.94. The van der Waals surface area contributed by atoms with E-state index in [0.29, 0.717) is 0 Å². The topological polar surface area (TPSA) is 67.0 Å². The fraction of sp³-hybridized carbons (Fsp3) is 0.0924. The van der Waals surface area contributed by atoms with Crippen LogP contribution in [-0.2, 0) is 4.74 Å². The minimum atomic E-state index is 1.00. The van der Waals surface area contributed by atoms with Crippen LogP contribution in [0.5, 0.6) is 0 Å². The molecule has 1 saturated heterocycles. The Bertz CT molecular complexity index is 7930. The van der Waals surface area contributed by atoms with Gasteiger partial charge in [-0.1, -0.05) is 204 Å². The Kier molecular flexibility index (Phi) is 25.7. The number of para-hydroxylation sites is 5. The first-order valence-corrected chi connectivity index (χ1v) is 49.3. The number of hydrogen-bond acceptors (Lipinski definition) is 3. The molecule has 1 fully saturated rings. The first kappa shape index (κ1) is 89.0. The van der Waals surface area contributed by atoms with Gasteiger partial charge in [0.25, 0.3) is 0 Å². The summed E-state index contributed by atoms with van der Waals surface area (Å²) >= 11 is 15.1. The number of halogens is 4. The first-order valence-electron chi connectivity index (χ1n) is 45.1. The fourth-order valence-electron chi connectivity index (χ4n) is 19.4. The predicted molar refractivity (Wildman–Crippen MR) is 599 cm³/mol. The Hall–Kier alpha value is -12.8. The molecule has 25 aromatic rings. The minimum absolute atomic E-state index is 1.00. The second kappa shape index (κ2) is 38.6. The van der Waals surface area contributed by atoms with Gasteiger partial charge in [0.15, 0.2) is 0 Å². The van der Waals surface area contributed by atoms with E-state index < -0.39 is 0 Å². The van der Waals surface area contributed by atoms with Crippen molar-refractivity contribution in [2.24, 2.45) is 4.30 Å². The molecule has 0 aliphatic carbocycles. The van der Waals surface area contributed by atoms with Crippen molar-refractivity contribution in [3.05, 3.63) is 437 Å². The van der Waals surface area contributed by atoms with E-state index in [1.807, 2.05) is 0 Å². The van der Waals surface area contributed by atoms with E-state index in [1.165, 1.54) is 234 Å². The van der Waals surface area contributed by atoms with Gasteiger partial charge in [-0.2, -0.15) is 0 Å². The molecule has 1 aliphatic rings. The number of ether oxygens (including phenoxy) is 1. The monoisotopic (exact) mass is 2110 g/mol. The van der Waals surface area contributed by atoms with E-state index in [9.17, 15) is 0 Å². The summed E-state index contributed by atoms with van der Waals surface area (Å²) in [6, 6.07) is 138. The number of aryl methyl sites for hydroxylation is 7. The first-order chi connectivity index (χ1) is 65.4. The zero-order valence-corrected chi connectivity index (χ0v) is 83.7. The van der Waals surface area contributed by atoms with Gasteiger partial charge in [-0.15, -0.1) is 0 Å². The molecular formula is C119H94BBr2I2N8OS. The van der Waals surface area contributed by atoms with Crippen LogP contribution in [0.1, 0.15) is 51.8 Å². The van der Waals surface area contributed by atoms with Crippen molar-refractivity contribution in [2.45, 2.75) is 61.3 Å². The molecule has 0 saturated carbocycles. The molecule has 26 rings (SSSR count). The van der Waals surface area contributed by atoms with Crippen LogP contribution >= 0.6 is 89.9 Å². The van der Waals surface area contributed by atoms with Crippen molar-refractivity contribution in [3.63, 3.8) is 0 Å². The molecule has 0 amide bonds. The standard InChI is InChI=1S/C32H22Br2N2.2C32H24N2.C13H11N.C6H4I2.C4H8O.BHNS/c1-19-3-11-29-25(15-19)27-17-21(33)5-13-31(27)35(29)23-7-9-24(10-8-23)36-30-12-4-20(2)16-26(30)28-18-22(34)6-14-32(28)36;2*1-21-11-17-31-27(19-21)25-7-3-5-9-29(25)33(31)23-13-15-24(16-14-23)34-30-10-6-4-8-26(30)28-20-22(2)12-18-32(28)34;1-9-6-7-13-11(8-9)10-4-2-3-5-12(10)14-13;7-5-1-2-6(8)4-3-5;1-2-4-5-3-1;1-2-3/h3-18H,1-2H3;2*3-20H,1-2H3;2-8,14H,1H3;1-4H;1-4H2;3H. The molecule has 1 N–H and O–H groups in total. The summed E-state index contributed by atoms with van der Waals surface area (Å²) in [4.78, 5) is 3.41. The van der Waals surface area contributed by atoms with Gasteiger partial charge < -0.3 is 37.1 Å². The molecule has 1 aliphatic heterocycles. The fourth-order valence-corrected chi connectivity index (χ4v) is 20.8. The van der Waals surface area contributed by atoms with Crippen LogP contribution < -0.4 is 0 Å². The number of nitrogens with one attached hydrogen (secondary N) is 1. The van der Waals surface area contributed by atoms with Crippen molar-refractivity contribution in [1.29, 1.82) is 0 Å². The third-order valence-electron chi connectivity index (χ3n) is 25.5. The normalized spacial score (nSPS) is 11.9. The van der Waals surface area contributed by atoms with Gasteiger partial charge in [0.05, 0.1) is 66.2 Å². The van der Waals surface area contributed by atoms with Crippen LogP contribution in [0, 0.1) is 55.6 Å². The van der Waals surface area contributed by atoms with E-state index in [0.717, 1.165) is 33.5 Å². The molecule has 0 spiro atoms. The average Bonchev–Trinajstić information content (AvgIpc) is 1.59. The van der Waals surface area contributed by atoms with Crippen molar-refractivity contribution in [2.75, 3.05) is 13.2 Å². The zero-order valence-electron chi connectivity index (χ0n) is 75.3. The molecular weight excluding hydrogens is 2010 g/mol. The molecule has 7 aromatic heterocycles. The SMILES string of the molecule is C1CCOC1.Cc1ccc2[nH]c3ccccc3c2c1.Cc1ccc2c(c1)c1cc(Br)ccc1n2-c1ccc(-n2c3ccc(C)cc3c3cc(Br)ccc32)cc1.Cc1ccc2c(c1)c1ccccc1n2-c1ccc(-n2c3ccccc3c3cc(C)ccc32)cc1.Cc1ccc2c(c1)c1ccccc1n2-c1ccc(-n2c3ccccc3c3cc(C)ccc32)cc1.Ic1ccc(I)cc1.[B]=NS. The predicted octanol–water partition coefficient (Wildman–Crippen LogP) is 34.5. The summed E-state index contributed by atoms with van der Waals surface area (Å²) in [5.74, 6) is 0. The number of aromatic nitrogens is 7. The van der Waals surface area contributed by atoms with Gasteiger partial charge in [-0.3, -0.25) is 0 Å². The average molecular weight is 2110 g/mol. The summed E-state index contributed by atoms with van der Waals surface area (Å²) in [5, 5.41) is 18.1. The Labute approximate surface area is 829 Å². The molecule has 0 atom stereocenters. The zero-order chi connectivity index (χ0) is 91.9. The van der Waals surface area contributed by atoms with Gasteiger partial charge in [-0.25, -0.2) is 0 Å². The molecule has 1 radical (unpaired) electrons. The van der Waals surface area contributed by atoms with Crippen LogP contribution in [0.4, 0.5) is 0 Å². The molecule has 8 heterocycles. The van der Waals surface area contributed by atoms with Gasteiger partial charge in [0, 0.05) is 150 Å². The second-order valence-electron chi connectivity index (χ2n) is 34.7. The van der Waals surface area contributed by atoms with Crippen molar-refractivity contribution in [3.8, 4) is 34.1 Å². The van der Waals surface area contributed by atoms with Crippen molar-refractivity contribution < 1.29 is 4.74 Å². The van der Waals surface area contributed by atoms with Crippen LogP contribution in [0.15, 0.2) is 395 Å². The van der Waals surface area contributed by atoms with Gasteiger partial charge in [0.2, 0.25) is 0 Å². The molecule has 0 unspecified atom stereocenters. The Morgan fingerprint density at radius 2 is 0.448 bits per heavy atom. The maximum atomic E-state index is 4.94. The summed E-state index contributed by atoms with van der Waals surface area (Å²) < 4.78 is 26.7. The number of rotatable bonds is 6.